The van der Waals surface area contributed by atoms with Crippen LogP contribution in [0.15, 0.2) is 29.2 Å². The van der Waals surface area contributed by atoms with E-state index in [9.17, 15) is 13.2 Å². The fraction of sp³-hybridized carbons (Fsp3) is 0.417. The number of methoxy groups -OCH3 is 1. The summed E-state index contributed by atoms with van der Waals surface area (Å²) in [6.45, 7) is 0.483. The highest BCUT2D eigenvalue weighted by atomic mass is 32.2. The Morgan fingerprint density at radius 1 is 1.40 bits per heavy atom. The molecule has 0 unspecified atom stereocenters. The van der Waals surface area contributed by atoms with Gasteiger partial charge in [-0.3, -0.25) is 0 Å². The van der Waals surface area contributed by atoms with Gasteiger partial charge in [0.05, 0.1) is 35.8 Å². The van der Waals surface area contributed by atoms with E-state index in [0.29, 0.717) is 6.61 Å². The molecule has 2 rings (SSSR count). The molecule has 0 aliphatic carbocycles. The summed E-state index contributed by atoms with van der Waals surface area (Å²) in [5.74, 6) is -1.29. The summed E-state index contributed by atoms with van der Waals surface area (Å²) >= 11 is 0. The molecule has 1 saturated heterocycles. The number of aromatic carboxylic acids is 1. The smallest absolute Gasteiger partial charge is 0.337 e. The van der Waals surface area contributed by atoms with E-state index in [1.807, 2.05) is 0 Å². The third-order valence-corrected chi connectivity index (χ3v) is 4.59. The van der Waals surface area contributed by atoms with E-state index >= 15 is 0 Å². The molecule has 2 N–H and O–H groups in total. The maximum Gasteiger partial charge on any atom is 0.337 e. The molecule has 0 saturated carbocycles. The van der Waals surface area contributed by atoms with Crippen molar-refractivity contribution in [1.29, 1.82) is 0 Å². The van der Waals surface area contributed by atoms with Crippen molar-refractivity contribution in [3.05, 3.63) is 29.8 Å². The van der Waals surface area contributed by atoms with Gasteiger partial charge in [-0.25, -0.2) is 17.9 Å². The third-order valence-electron chi connectivity index (χ3n) is 3.04. The van der Waals surface area contributed by atoms with Gasteiger partial charge in [-0.2, -0.15) is 0 Å². The van der Waals surface area contributed by atoms with Crippen LogP contribution in [-0.2, 0) is 19.5 Å². The molecule has 0 bridgehead atoms. The van der Waals surface area contributed by atoms with Crippen molar-refractivity contribution in [3.8, 4) is 0 Å². The number of carbonyl (C=O) groups is 1. The number of nitrogens with one attached hydrogen (secondary N) is 1. The molecule has 7 nitrogen and oxygen atoms in total. The van der Waals surface area contributed by atoms with Gasteiger partial charge in [0.15, 0.2) is 0 Å². The van der Waals surface area contributed by atoms with Crippen molar-refractivity contribution < 1.29 is 27.8 Å². The number of benzene rings is 1. The second-order valence-corrected chi connectivity index (χ2v) is 6.02. The number of carboxylic acids is 1. The Bertz CT molecular complexity index is 600. The van der Waals surface area contributed by atoms with Crippen molar-refractivity contribution in [1.82, 2.24) is 4.72 Å². The second-order valence-electron chi connectivity index (χ2n) is 4.34. The molecule has 20 heavy (non-hydrogen) atoms. The van der Waals surface area contributed by atoms with Crippen LogP contribution in [0.25, 0.3) is 0 Å². The summed E-state index contributed by atoms with van der Waals surface area (Å²) in [6.07, 6.45) is -0.387. The first-order valence-electron chi connectivity index (χ1n) is 5.91. The number of hydrogen-bond donors (Lipinski definition) is 2. The van der Waals surface area contributed by atoms with Gasteiger partial charge < -0.3 is 14.6 Å². The maximum absolute atomic E-state index is 12.3. The van der Waals surface area contributed by atoms with Gasteiger partial charge in [0, 0.05) is 7.11 Å². The number of ether oxygens (including phenoxy) is 2. The highest BCUT2D eigenvalue weighted by Gasteiger charge is 2.33. The highest BCUT2D eigenvalue weighted by Crippen LogP contribution is 2.18. The van der Waals surface area contributed by atoms with E-state index in [1.54, 1.807) is 0 Å². The van der Waals surface area contributed by atoms with Crippen LogP contribution in [0.2, 0.25) is 0 Å². The van der Waals surface area contributed by atoms with Crippen molar-refractivity contribution in [2.75, 3.05) is 20.3 Å². The van der Waals surface area contributed by atoms with Gasteiger partial charge in [-0.05, 0) is 12.1 Å². The van der Waals surface area contributed by atoms with Crippen molar-refractivity contribution in [3.63, 3.8) is 0 Å². The lowest BCUT2D eigenvalue weighted by molar-refractivity contribution is 0.0692. The second kappa shape index (κ2) is 5.88. The molecule has 0 spiro atoms. The molecular weight excluding hydrogens is 286 g/mol. The monoisotopic (exact) mass is 301 g/mol. The van der Waals surface area contributed by atoms with Crippen molar-refractivity contribution >= 4 is 16.0 Å². The molecule has 1 heterocycles. The average molecular weight is 301 g/mol. The fourth-order valence-corrected chi connectivity index (χ4v) is 3.47. The molecule has 1 aromatic rings. The SMILES string of the molecule is CO[C@H]1COC[C@@H]1NS(=O)(=O)c1ccccc1C(=O)O. The van der Waals surface area contributed by atoms with E-state index in [0.717, 1.165) is 0 Å². The molecule has 110 valence electrons. The minimum Gasteiger partial charge on any atom is -0.478 e. The summed E-state index contributed by atoms with van der Waals surface area (Å²) in [4.78, 5) is 10.8. The van der Waals surface area contributed by atoms with Gasteiger partial charge in [0.2, 0.25) is 10.0 Å². The molecule has 1 aromatic carbocycles. The van der Waals surface area contributed by atoms with E-state index in [1.165, 1.54) is 31.4 Å². The Morgan fingerprint density at radius 3 is 2.75 bits per heavy atom. The van der Waals surface area contributed by atoms with Crippen molar-refractivity contribution in [2.45, 2.75) is 17.0 Å². The zero-order chi connectivity index (χ0) is 14.8. The molecule has 1 aliphatic rings. The lowest BCUT2D eigenvalue weighted by Gasteiger charge is -2.18. The number of rotatable bonds is 5. The Hall–Kier alpha value is -1.48. The topological polar surface area (TPSA) is 102 Å². The predicted octanol–water partition coefficient (Wildman–Crippen LogP) is 0.0769. The number of sulfonamides is 1. The van der Waals surface area contributed by atoms with Crippen LogP contribution in [0.1, 0.15) is 10.4 Å². The van der Waals surface area contributed by atoms with Gasteiger partial charge >= 0.3 is 5.97 Å². The lowest BCUT2D eigenvalue weighted by atomic mass is 10.2. The van der Waals surface area contributed by atoms with Gasteiger partial charge in [0.1, 0.15) is 0 Å². The van der Waals surface area contributed by atoms with Gasteiger partial charge in [0.25, 0.3) is 0 Å². The van der Waals surface area contributed by atoms with E-state index < -0.39 is 22.0 Å². The molecular formula is C12H15NO6S. The molecule has 8 heteroatoms. The molecule has 1 fully saturated rings. The zero-order valence-corrected chi connectivity index (χ0v) is 11.6. The summed E-state index contributed by atoms with van der Waals surface area (Å²) in [6, 6.07) is 4.91. The van der Waals surface area contributed by atoms with Crippen LogP contribution in [0.5, 0.6) is 0 Å². The molecule has 0 amide bonds. The van der Waals surface area contributed by atoms with E-state index in [4.69, 9.17) is 14.6 Å². The number of carboxylic acid groups (broad SMARTS) is 1. The first-order chi connectivity index (χ1) is 9.45. The van der Waals surface area contributed by atoms with Crippen LogP contribution < -0.4 is 4.72 Å². The lowest BCUT2D eigenvalue weighted by Crippen LogP contribution is -2.43. The Balaban J connectivity index is 2.29. The summed E-state index contributed by atoms with van der Waals surface area (Å²) in [7, 11) is -2.49. The molecule has 2 atom stereocenters. The Kier molecular flexibility index (Phi) is 4.39. The predicted molar refractivity (Wildman–Crippen MR) is 69.1 cm³/mol. The minimum atomic E-state index is -3.95. The van der Waals surface area contributed by atoms with Crippen molar-refractivity contribution in [2.24, 2.45) is 0 Å². The first kappa shape index (κ1) is 14.9. The summed E-state index contributed by atoms with van der Waals surface area (Å²) in [5, 5.41) is 9.05. The average Bonchev–Trinajstić information content (AvgIpc) is 2.85. The molecule has 0 aromatic heterocycles. The normalized spacial score (nSPS) is 22.9. The third kappa shape index (κ3) is 2.98. The number of hydrogen-bond acceptors (Lipinski definition) is 5. The molecule has 1 aliphatic heterocycles. The first-order valence-corrected chi connectivity index (χ1v) is 7.39. The van der Waals surface area contributed by atoms with Crippen LogP contribution >= 0.6 is 0 Å². The van der Waals surface area contributed by atoms with Crippen LogP contribution in [0, 0.1) is 0 Å². The summed E-state index contributed by atoms with van der Waals surface area (Å²) in [5.41, 5.74) is -0.270. The minimum absolute atomic E-state index is 0.187. The zero-order valence-electron chi connectivity index (χ0n) is 10.8. The highest BCUT2D eigenvalue weighted by molar-refractivity contribution is 7.89. The van der Waals surface area contributed by atoms with Crippen LogP contribution in [0.3, 0.4) is 0 Å². The maximum atomic E-state index is 12.3. The largest absolute Gasteiger partial charge is 0.478 e. The standard InChI is InChI=1S/C12H15NO6S/c1-18-10-7-19-6-9(10)13-20(16,17)11-5-3-2-4-8(11)12(14)15/h2-5,9-10,13H,6-7H2,1H3,(H,14,15)/t9-,10-/m0/s1. The quantitative estimate of drug-likeness (QED) is 0.798. The van der Waals surface area contributed by atoms with Crippen LogP contribution in [0.4, 0.5) is 0 Å². The fourth-order valence-electron chi connectivity index (χ4n) is 2.02. The van der Waals surface area contributed by atoms with Gasteiger partial charge in [-0.1, -0.05) is 12.1 Å². The molecule has 0 radical (unpaired) electrons. The Labute approximate surface area is 116 Å². The Morgan fingerprint density at radius 2 is 2.10 bits per heavy atom. The van der Waals surface area contributed by atoms with Gasteiger partial charge in [-0.15, -0.1) is 0 Å². The van der Waals surface area contributed by atoms with Crippen LogP contribution in [-0.4, -0.2) is 52.0 Å². The van der Waals surface area contributed by atoms with E-state index in [-0.39, 0.29) is 23.2 Å². The van der Waals surface area contributed by atoms with E-state index in [2.05, 4.69) is 4.72 Å². The summed E-state index contributed by atoms with van der Waals surface area (Å²) < 4.78 is 37.3.